The first-order valence-electron chi connectivity index (χ1n) is 4.28. The normalized spacial score (nSPS) is 12.2. The number of nitrogens with one attached hydrogen (secondary N) is 1. The van der Waals surface area contributed by atoms with E-state index in [9.17, 15) is 9.59 Å². The van der Waals surface area contributed by atoms with Crippen LogP contribution < -0.4 is 11.1 Å². The zero-order valence-corrected chi connectivity index (χ0v) is 7.75. The highest BCUT2D eigenvalue weighted by Gasteiger charge is 2.10. The molecule has 0 aliphatic rings. The van der Waals surface area contributed by atoms with Crippen molar-refractivity contribution in [2.75, 3.05) is 13.1 Å². The van der Waals surface area contributed by atoms with Crippen molar-refractivity contribution >= 4 is 11.9 Å². The van der Waals surface area contributed by atoms with E-state index in [2.05, 4.69) is 5.32 Å². The van der Waals surface area contributed by atoms with E-state index in [1.165, 1.54) is 0 Å². The Morgan fingerprint density at radius 2 is 2.15 bits per heavy atom. The molecule has 13 heavy (non-hydrogen) atoms. The van der Waals surface area contributed by atoms with Crippen LogP contribution in [0, 0.1) is 5.92 Å². The van der Waals surface area contributed by atoms with Crippen LogP contribution >= 0.6 is 0 Å². The molecule has 1 unspecified atom stereocenters. The molecule has 0 aromatic rings. The van der Waals surface area contributed by atoms with Gasteiger partial charge in [0, 0.05) is 6.42 Å². The van der Waals surface area contributed by atoms with Crippen LogP contribution in [0.1, 0.15) is 19.8 Å². The Bertz CT molecular complexity index is 178. The number of hydrogen-bond acceptors (Lipinski definition) is 3. The highest BCUT2D eigenvalue weighted by Crippen LogP contribution is 2.04. The molecule has 1 atom stereocenters. The number of amides is 1. The second kappa shape index (κ2) is 6.42. The summed E-state index contributed by atoms with van der Waals surface area (Å²) in [6.07, 6.45) is 1.14. The highest BCUT2D eigenvalue weighted by atomic mass is 16.4. The van der Waals surface area contributed by atoms with E-state index in [0.717, 1.165) is 6.42 Å². The molecular weight excluding hydrogens is 172 g/mol. The lowest BCUT2D eigenvalue weighted by Gasteiger charge is -2.10. The van der Waals surface area contributed by atoms with Gasteiger partial charge < -0.3 is 16.2 Å². The Morgan fingerprint density at radius 1 is 1.54 bits per heavy atom. The van der Waals surface area contributed by atoms with Crippen LogP contribution in [0.15, 0.2) is 0 Å². The Balaban J connectivity index is 3.66. The van der Waals surface area contributed by atoms with Crippen LogP contribution in [0.4, 0.5) is 0 Å². The van der Waals surface area contributed by atoms with Crippen molar-refractivity contribution in [2.45, 2.75) is 19.8 Å². The standard InChI is InChI=1S/C8H16N2O3/c1-2-6(4-9)3-7(11)10-5-8(12)13/h6H,2-5,9H2,1H3,(H,10,11)(H,12,13). The zero-order valence-electron chi connectivity index (χ0n) is 7.75. The summed E-state index contributed by atoms with van der Waals surface area (Å²) in [5, 5.41) is 10.6. The minimum atomic E-state index is -1.03. The van der Waals surface area contributed by atoms with Gasteiger partial charge in [0.15, 0.2) is 0 Å². The quantitative estimate of drug-likeness (QED) is 0.527. The van der Waals surface area contributed by atoms with E-state index in [-0.39, 0.29) is 18.4 Å². The van der Waals surface area contributed by atoms with Gasteiger partial charge in [0.05, 0.1) is 0 Å². The van der Waals surface area contributed by atoms with Crippen molar-refractivity contribution in [2.24, 2.45) is 11.7 Å². The predicted molar refractivity (Wildman–Crippen MR) is 48.1 cm³/mol. The van der Waals surface area contributed by atoms with Crippen LogP contribution in [0.5, 0.6) is 0 Å². The summed E-state index contributed by atoms with van der Waals surface area (Å²) in [4.78, 5) is 21.1. The second-order valence-electron chi connectivity index (χ2n) is 2.88. The van der Waals surface area contributed by atoms with Crippen molar-refractivity contribution < 1.29 is 14.7 Å². The van der Waals surface area contributed by atoms with E-state index < -0.39 is 5.97 Å². The minimum Gasteiger partial charge on any atom is -0.480 e. The first kappa shape index (κ1) is 11.9. The average molecular weight is 188 g/mol. The van der Waals surface area contributed by atoms with Crippen molar-refractivity contribution in [1.29, 1.82) is 0 Å². The van der Waals surface area contributed by atoms with E-state index in [0.29, 0.717) is 13.0 Å². The third-order valence-corrected chi connectivity index (χ3v) is 1.82. The van der Waals surface area contributed by atoms with Crippen molar-refractivity contribution in [3.05, 3.63) is 0 Å². The summed E-state index contributed by atoms with van der Waals surface area (Å²) < 4.78 is 0. The van der Waals surface area contributed by atoms with Crippen LogP contribution in [0.3, 0.4) is 0 Å². The summed E-state index contributed by atoms with van der Waals surface area (Å²) >= 11 is 0. The fraction of sp³-hybridized carbons (Fsp3) is 0.750. The number of carbonyl (C=O) groups is 2. The number of carboxylic acids is 1. The highest BCUT2D eigenvalue weighted by molar-refractivity contribution is 5.81. The maximum absolute atomic E-state index is 11.0. The first-order chi connectivity index (χ1) is 6.10. The lowest BCUT2D eigenvalue weighted by atomic mass is 10.0. The third kappa shape index (κ3) is 6.10. The summed E-state index contributed by atoms with van der Waals surface area (Å²) in [7, 11) is 0. The molecule has 0 aliphatic heterocycles. The van der Waals surface area contributed by atoms with Crippen molar-refractivity contribution in [3.8, 4) is 0 Å². The van der Waals surface area contributed by atoms with Gasteiger partial charge in [-0.2, -0.15) is 0 Å². The van der Waals surface area contributed by atoms with Gasteiger partial charge in [-0.05, 0) is 12.5 Å². The summed E-state index contributed by atoms with van der Waals surface area (Å²) in [6, 6.07) is 0. The smallest absolute Gasteiger partial charge is 0.322 e. The zero-order chi connectivity index (χ0) is 10.3. The molecule has 0 aliphatic carbocycles. The Kier molecular flexibility index (Phi) is 5.88. The second-order valence-corrected chi connectivity index (χ2v) is 2.88. The molecule has 0 saturated heterocycles. The predicted octanol–water partition coefficient (Wildman–Crippen LogP) is -0.438. The maximum Gasteiger partial charge on any atom is 0.322 e. The van der Waals surface area contributed by atoms with E-state index in [4.69, 9.17) is 10.8 Å². The lowest BCUT2D eigenvalue weighted by molar-refractivity contribution is -0.138. The molecule has 4 N–H and O–H groups in total. The third-order valence-electron chi connectivity index (χ3n) is 1.82. The minimum absolute atomic E-state index is 0.147. The number of carbonyl (C=O) groups excluding carboxylic acids is 1. The number of carboxylic acid groups (broad SMARTS) is 1. The number of hydrogen-bond donors (Lipinski definition) is 3. The Labute approximate surface area is 77.3 Å². The first-order valence-corrected chi connectivity index (χ1v) is 4.28. The molecule has 5 heteroatoms. The van der Waals surface area contributed by atoms with Gasteiger partial charge in [0.2, 0.25) is 5.91 Å². The molecule has 0 bridgehead atoms. The van der Waals surface area contributed by atoms with Gasteiger partial charge >= 0.3 is 5.97 Å². The molecule has 5 nitrogen and oxygen atoms in total. The Hall–Kier alpha value is -1.10. The SMILES string of the molecule is CCC(CN)CC(=O)NCC(=O)O. The Morgan fingerprint density at radius 3 is 2.54 bits per heavy atom. The molecule has 1 amide bonds. The molecule has 0 radical (unpaired) electrons. The topological polar surface area (TPSA) is 92.4 Å². The average Bonchev–Trinajstić information content (AvgIpc) is 2.10. The van der Waals surface area contributed by atoms with Gasteiger partial charge in [0.25, 0.3) is 0 Å². The maximum atomic E-state index is 11.0. The fourth-order valence-corrected chi connectivity index (χ4v) is 0.903. The van der Waals surface area contributed by atoms with Gasteiger partial charge in [-0.3, -0.25) is 9.59 Å². The van der Waals surface area contributed by atoms with Crippen LogP contribution in [0.25, 0.3) is 0 Å². The number of aliphatic carboxylic acids is 1. The molecule has 0 spiro atoms. The lowest BCUT2D eigenvalue weighted by Crippen LogP contribution is -2.31. The van der Waals surface area contributed by atoms with E-state index in [1.54, 1.807) is 0 Å². The number of rotatable bonds is 6. The monoisotopic (exact) mass is 188 g/mol. The van der Waals surface area contributed by atoms with Crippen LogP contribution in [-0.4, -0.2) is 30.1 Å². The molecular formula is C8H16N2O3. The number of nitrogens with two attached hydrogens (primary N) is 1. The summed E-state index contributed by atoms with van der Waals surface area (Å²) in [5.74, 6) is -1.14. The van der Waals surface area contributed by atoms with Gasteiger partial charge in [0.1, 0.15) is 6.54 Å². The van der Waals surface area contributed by atoms with E-state index >= 15 is 0 Å². The molecule has 0 rings (SSSR count). The summed E-state index contributed by atoms with van der Waals surface area (Å²) in [5.41, 5.74) is 5.39. The molecule has 0 heterocycles. The molecule has 76 valence electrons. The molecule has 0 aromatic carbocycles. The van der Waals surface area contributed by atoms with Crippen LogP contribution in [-0.2, 0) is 9.59 Å². The molecule has 0 fully saturated rings. The van der Waals surface area contributed by atoms with E-state index in [1.807, 2.05) is 6.92 Å². The van der Waals surface area contributed by atoms with Crippen LogP contribution in [0.2, 0.25) is 0 Å². The van der Waals surface area contributed by atoms with Gasteiger partial charge in [-0.1, -0.05) is 13.3 Å². The summed E-state index contributed by atoms with van der Waals surface area (Å²) in [6.45, 7) is 2.08. The van der Waals surface area contributed by atoms with Crippen molar-refractivity contribution in [1.82, 2.24) is 5.32 Å². The molecule has 0 saturated carbocycles. The van der Waals surface area contributed by atoms with Gasteiger partial charge in [-0.15, -0.1) is 0 Å². The fourth-order valence-electron chi connectivity index (χ4n) is 0.903. The van der Waals surface area contributed by atoms with Gasteiger partial charge in [-0.25, -0.2) is 0 Å². The largest absolute Gasteiger partial charge is 0.480 e. The van der Waals surface area contributed by atoms with Crippen molar-refractivity contribution in [3.63, 3.8) is 0 Å². The molecule has 0 aromatic heterocycles.